The third kappa shape index (κ3) is 2.19. The SMILES string of the molecule is Brc1ccc([C@@H]2CCCN2c2cncc3nncn23)cc1. The molecule has 0 spiro atoms. The first kappa shape index (κ1) is 12.8. The minimum absolute atomic E-state index is 0.382. The minimum Gasteiger partial charge on any atom is -0.349 e. The number of benzene rings is 1. The number of nitrogens with zero attached hydrogens (tertiary/aromatic N) is 5. The van der Waals surface area contributed by atoms with Crippen molar-refractivity contribution in [2.45, 2.75) is 18.9 Å². The van der Waals surface area contributed by atoms with Crippen LogP contribution in [-0.2, 0) is 0 Å². The molecule has 0 unspecified atom stereocenters. The number of hydrogen-bond donors (Lipinski definition) is 0. The van der Waals surface area contributed by atoms with Gasteiger partial charge in [-0.25, -0.2) is 0 Å². The molecule has 0 aliphatic carbocycles. The second-order valence-electron chi connectivity index (χ2n) is 5.23. The molecule has 21 heavy (non-hydrogen) atoms. The number of halogens is 1. The van der Waals surface area contributed by atoms with Gasteiger partial charge in [0.15, 0.2) is 5.65 Å². The van der Waals surface area contributed by atoms with E-state index in [2.05, 4.69) is 60.3 Å². The normalized spacial score (nSPS) is 18.5. The summed E-state index contributed by atoms with van der Waals surface area (Å²) in [4.78, 5) is 6.69. The van der Waals surface area contributed by atoms with E-state index in [1.165, 1.54) is 12.0 Å². The molecule has 3 aromatic rings. The topological polar surface area (TPSA) is 46.3 Å². The second-order valence-corrected chi connectivity index (χ2v) is 6.14. The quantitative estimate of drug-likeness (QED) is 0.716. The van der Waals surface area contributed by atoms with Crippen molar-refractivity contribution in [3.63, 3.8) is 0 Å². The molecule has 4 rings (SSSR count). The van der Waals surface area contributed by atoms with Crippen molar-refractivity contribution in [1.82, 2.24) is 19.6 Å². The number of rotatable bonds is 2. The van der Waals surface area contributed by atoms with Crippen LogP contribution in [0.15, 0.2) is 47.5 Å². The van der Waals surface area contributed by atoms with Gasteiger partial charge in [0.05, 0.1) is 18.4 Å². The fourth-order valence-corrected chi connectivity index (χ4v) is 3.29. The first-order chi connectivity index (χ1) is 10.3. The van der Waals surface area contributed by atoms with Crippen LogP contribution in [0.1, 0.15) is 24.4 Å². The van der Waals surface area contributed by atoms with Gasteiger partial charge in [-0.05, 0) is 30.5 Å². The Bertz CT molecular complexity index is 767. The molecule has 6 heteroatoms. The monoisotopic (exact) mass is 343 g/mol. The summed E-state index contributed by atoms with van der Waals surface area (Å²) in [5.41, 5.74) is 2.12. The predicted molar refractivity (Wildman–Crippen MR) is 84.2 cm³/mol. The Hall–Kier alpha value is -1.95. The molecule has 1 atom stereocenters. The molecule has 1 aliphatic rings. The molecular formula is C15H14BrN5. The molecule has 0 saturated carbocycles. The fraction of sp³-hybridized carbons (Fsp3) is 0.267. The van der Waals surface area contributed by atoms with Gasteiger partial charge in [-0.15, -0.1) is 10.2 Å². The van der Waals surface area contributed by atoms with Crippen molar-refractivity contribution in [3.05, 3.63) is 53.0 Å². The average molecular weight is 344 g/mol. The van der Waals surface area contributed by atoms with Gasteiger partial charge < -0.3 is 4.90 Å². The number of anilines is 1. The third-order valence-corrected chi connectivity index (χ3v) is 4.53. The maximum Gasteiger partial charge on any atom is 0.180 e. The van der Waals surface area contributed by atoms with Gasteiger partial charge in [0, 0.05) is 11.0 Å². The van der Waals surface area contributed by atoms with E-state index in [4.69, 9.17) is 0 Å². The second kappa shape index (κ2) is 5.11. The van der Waals surface area contributed by atoms with E-state index in [0.717, 1.165) is 28.9 Å². The standard InChI is InChI=1S/C15H14BrN5/c16-12-5-3-11(4-6-12)13-2-1-7-20(13)15-9-17-8-14-19-18-10-21(14)15/h3-6,8-10,13H,1-2,7H2/t13-/m0/s1. The van der Waals surface area contributed by atoms with Gasteiger partial charge in [-0.3, -0.25) is 9.38 Å². The van der Waals surface area contributed by atoms with E-state index < -0.39 is 0 Å². The Morgan fingerprint density at radius 2 is 2.00 bits per heavy atom. The number of hydrogen-bond acceptors (Lipinski definition) is 4. The molecule has 3 heterocycles. The fourth-order valence-electron chi connectivity index (χ4n) is 3.03. The molecule has 0 radical (unpaired) electrons. The van der Waals surface area contributed by atoms with Gasteiger partial charge in [-0.2, -0.15) is 0 Å². The minimum atomic E-state index is 0.382. The zero-order valence-electron chi connectivity index (χ0n) is 11.4. The molecule has 1 aliphatic heterocycles. The molecule has 0 bridgehead atoms. The van der Waals surface area contributed by atoms with E-state index in [1.807, 2.05) is 10.6 Å². The molecule has 2 aromatic heterocycles. The van der Waals surface area contributed by atoms with Gasteiger partial charge in [0.1, 0.15) is 12.1 Å². The van der Waals surface area contributed by atoms with Crippen LogP contribution >= 0.6 is 15.9 Å². The van der Waals surface area contributed by atoms with Crippen LogP contribution in [0.3, 0.4) is 0 Å². The Morgan fingerprint density at radius 3 is 2.86 bits per heavy atom. The van der Waals surface area contributed by atoms with Crippen LogP contribution in [0.5, 0.6) is 0 Å². The molecule has 1 fully saturated rings. The maximum absolute atomic E-state index is 4.30. The molecule has 5 nitrogen and oxygen atoms in total. The Morgan fingerprint density at radius 1 is 1.14 bits per heavy atom. The Balaban J connectivity index is 1.76. The lowest BCUT2D eigenvalue weighted by Gasteiger charge is -2.27. The van der Waals surface area contributed by atoms with Crippen LogP contribution in [-0.4, -0.2) is 26.1 Å². The lowest BCUT2D eigenvalue weighted by Crippen LogP contribution is -2.24. The molecular weight excluding hydrogens is 330 g/mol. The Labute approximate surface area is 130 Å². The highest BCUT2D eigenvalue weighted by Gasteiger charge is 2.27. The first-order valence-corrected chi connectivity index (χ1v) is 7.78. The average Bonchev–Trinajstić information content (AvgIpc) is 3.16. The zero-order chi connectivity index (χ0) is 14.2. The molecule has 1 aromatic carbocycles. The van der Waals surface area contributed by atoms with Crippen LogP contribution in [0, 0.1) is 0 Å². The van der Waals surface area contributed by atoms with E-state index >= 15 is 0 Å². The van der Waals surface area contributed by atoms with E-state index in [0.29, 0.717) is 6.04 Å². The van der Waals surface area contributed by atoms with Crippen LogP contribution < -0.4 is 4.90 Å². The largest absolute Gasteiger partial charge is 0.349 e. The smallest absolute Gasteiger partial charge is 0.180 e. The summed E-state index contributed by atoms with van der Waals surface area (Å²) >= 11 is 3.50. The van der Waals surface area contributed by atoms with Crippen LogP contribution in [0.2, 0.25) is 0 Å². The molecule has 1 saturated heterocycles. The lowest BCUT2D eigenvalue weighted by molar-refractivity contribution is 0.706. The first-order valence-electron chi connectivity index (χ1n) is 6.99. The summed E-state index contributed by atoms with van der Waals surface area (Å²) < 4.78 is 3.11. The van der Waals surface area contributed by atoms with Gasteiger partial charge >= 0.3 is 0 Å². The van der Waals surface area contributed by atoms with Crippen LogP contribution in [0.4, 0.5) is 5.82 Å². The maximum atomic E-state index is 4.30. The number of fused-ring (bicyclic) bond motifs is 1. The molecule has 0 amide bonds. The van der Waals surface area contributed by atoms with E-state index in [1.54, 1.807) is 12.5 Å². The number of aromatic nitrogens is 4. The summed E-state index contributed by atoms with van der Waals surface area (Å²) in [7, 11) is 0. The van der Waals surface area contributed by atoms with Gasteiger partial charge in [-0.1, -0.05) is 28.1 Å². The summed E-state index contributed by atoms with van der Waals surface area (Å²) in [5, 5.41) is 8.06. The van der Waals surface area contributed by atoms with Gasteiger partial charge in [0.2, 0.25) is 0 Å². The molecule has 0 N–H and O–H groups in total. The van der Waals surface area contributed by atoms with E-state index in [9.17, 15) is 0 Å². The summed E-state index contributed by atoms with van der Waals surface area (Å²) in [5.74, 6) is 1.06. The summed E-state index contributed by atoms with van der Waals surface area (Å²) in [6.45, 7) is 1.03. The highest BCUT2D eigenvalue weighted by atomic mass is 79.9. The zero-order valence-corrected chi connectivity index (χ0v) is 12.9. The Kier molecular flexibility index (Phi) is 3.11. The van der Waals surface area contributed by atoms with Crippen molar-refractivity contribution in [3.8, 4) is 0 Å². The van der Waals surface area contributed by atoms with Crippen LogP contribution in [0.25, 0.3) is 5.65 Å². The van der Waals surface area contributed by atoms with Crippen molar-refractivity contribution >= 4 is 27.4 Å². The summed E-state index contributed by atoms with van der Waals surface area (Å²) in [6.07, 6.45) is 7.72. The highest BCUT2D eigenvalue weighted by molar-refractivity contribution is 9.10. The molecule has 106 valence electrons. The highest BCUT2D eigenvalue weighted by Crippen LogP contribution is 2.36. The van der Waals surface area contributed by atoms with Crippen molar-refractivity contribution in [2.75, 3.05) is 11.4 Å². The van der Waals surface area contributed by atoms with Crippen molar-refractivity contribution in [1.29, 1.82) is 0 Å². The third-order valence-electron chi connectivity index (χ3n) is 4.00. The van der Waals surface area contributed by atoms with Crippen molar-refractivity contribution < 1.29 is 0 Å². The van der Waals surface area contributed by atoms with Gasteiger partial charge in [0.25, 0.3) is 0 Å². The summed E-state index contributed by atoms with van der Waals surface area (Å²) in [6, 6.07) is 8.96. The lowest BCUT2D eigenvalue weighted by atomic mass is 10.0. The predicted octanol–water partition coefficient (Wildman–Crippen LogP) is 3.23. The van der Waals surface area contributed by atoms with E-state index in [-0.39, 0.29) is 0 Å². The van der Waals surface area contributed by atoms with Crippen molar-refractivity contribution in [2.24, 2.45) is 0 Å².